The molecule has 32 heavy (non-hydrogen) atoms. The molecule has 4 saturated carbocycles. The van der Waals surface area contributed by atoms with Gasteiger partial charge < -0.3 is 24.8 Å². The predicted molar refractivity (Wildman–Crippen MR) is 121 cm³/mol. The molecule has 0 aromatic rings. The second-order valence-electron chi connectivity index (χ2n) is 13.3. The molecule has 14 atom stereocenters. The minimum Gasteiger partial charge on any atom is -0.393 e. The van der Waals surface area contributed by atoms with Crippen LogP contribution in [0.5, 0.6) is 0 Å². The summed E-state index contributed by atoms with van der Waals surface area (Å²) in [6.45, 7) is 10.2. The summed E-state index contributed by atoms with van der Waals surface area (Å²) < 4.78 is 13.3. The fourth-order valence-corrected chi connectivity index (χ4v) is 10.3. The summed E-state index contributed by atoms with van der Waals surface area (Å²) in [5.41, 5.74) is -0.0832. The van der Waals surface area contributed by atoms with Crippen LogP contribution < -0.4 is 0 Å². The number of hydrogen-bond donors (Lipinski definition) is 3. The first-order chi connectivity index (χ1) is 15.1. The quantitative estimate of drug-likeness (QED) is 0.526. The summed E-state index contributed by atoms with van der Waals surface area (Å²) in [6, 6.07) is 0. The molecule has 6 rings (SSSR count). The third-order valence-corrected chi connectivity index (χ3v) is 12.0. The van der Waals surface area contributed by atoms with Crippen LogP contribution in [0.3, 0.4) is 0 Å². The van der Waals surface area contributed by atoms with Gasteiger partial charge >= 0.3 is 0 Å². The van der Waals surface area contributed by atoms with Gasteiger partial charge in [0.2, 0.25) is 0 Å². The second-order valence-corrected chi connectivity index (χ2v) is 13.3. The molecule has 6 fully saturated rings. The standard InChI is InChI=1S/C27H44O5/c1-14-5-8-27(31-13-14)15(2)24-22(32-27)12-19-17-11-21(29)20-9-16(28)10-23(30)26(20,4)18(17)6-7-25(19,24)3/h14-24,28-30H,5-13H2,1-4H3/t14-,15+,16-,17-,18+,19+,20-,21?,22+,23?,24+,25+,26-,27-/m1/s1. The zero-order valence-electron chi connectivity index (χ0n) is 20.4. The molecule has 2 unspecified atom stereocenters. The van der Waals surface area contributed by atoms with Crippen LogP contribution in [0.15, 0.2) is 0 Å². The molecule has 2 aliphatic heterocycles. The third kappa shape index (κ3) is 2.75. The van der Waals surface area contributed by atoms with E-state index in [1.807, 2.05) is 0 Å². The van der Waals surface area contributed by atoms with E-state index in [1.165, 1.54) is 12.8 Å². The zero-order chi connectivity index (χ0) is 22.6. The Morgan fingerprint density at radius 1 is 0.844 bits per heavy atom. The van der Waals surface area contributed by atoms with Gasteiger partial charge in [0.1, 0.15) is 0 Å². The molecule has 2 heterocycles. The van der Waals surface area contributed by atoms with Crippen molar-refractivity contribution in [2.75, 3.05) is 6.61 Å². The van der Waals surface area contributed by atoms with Crippen molar-refractivity contribution in [2.24, 2.45) is 52.3 Å². The zero-order valence-corrected chi connectivity index (χ0v) is 20.4. The summed E-state index contributed by atoms with van der Waals surface area (Å²) in [5.74, 6) is 2.54. The minimum absolute atomic E-state index is 0.00355. The molecule has 5 nitrogen and oxygen atoms in total. The molecular weight excluding hydrogens is 404 g/mol. The molecular formula is C27H44O5. The van der Waals surface area contributed by atoms with Crippen LogP contribution in [0.1, 0.15) is 79.1 Å². The maximum absolute atomic E-state index is 11.3. The summed E-state index contributed by atoms with van der Waals surface area (Å²) in [4.78, 5) is 0. The van der Waals surface area contributed by atoms with Crippen molar-refractivity contribution >= 4 is 0 Å². The highest BCUT2D eigenvalue weighted by molar-refractivity contribution is 5.17. The first-order valence-corrected chi connectivity index (χ1v) is 13.5. The largest absolute Gasteiger partial charge is 0.393 e. The Balaban J connectivity index is 1.29. The Bertz CT molecular complexity index is 748. The first-order valence-electron chi connectivity index (χ1n) is 13.5. The van der Waals surface area contributed by atoms with Crippen molar-refractivity contribution in [3.63, 3.8) is 0 Å². The lowest BCUT2D eigenvalue weighted by Gasteiger charge is -2.63. The van der Waals surface area contributed by atoms with Gasteiger partial charge in [-0.3, -0.25) is 0 Å². The fourth-order valence-electron chi connectivity index (χ4n) is 10.3. The SMILES string of the molecule is C[C@@H]1CC[C@@]2(OC1)O[C@H]1C[C@H]3[C@@H]4CC(O)[C@H]5C[C@@H](O)CC(O)[C@]5(C)[C@H]4CC[C@]3(C)[C@H]1[C@@H]2C. The lowest BCUT2D eigenvalue weighted by Crippen LogP contribution is -2.63. The van der Waals surface area contributed by atoms with Gasteiger partial charge in [-0.05, 0) is 85.9 Å². The van der Waals surface area contributed by atoms with Crippen LogP contribution in [-0.2, 0) is 9.47 Å². The Hall–Kier alpha value is -0.200. The van der Waals surface area contributed by atoms with E-state index in [-0.39, 0.29) is 28.6 Å². The van der Waals surface area contributed by atoms with E-state index in [4.69, 9.17) is 9.47 Å². The number of aliphatic hydroxyl groups excluding tert-OH is 3. The second kappa shape index (κ2) is 7.16. The summed E-state index contributed by atoms with van der Waals surface area (Å²) in [7, 11) is 0. The Morgan fingerprint density at radius 2 is 1.62 bits per heavy atom. The topological polar surface area (TPSA) is 79.2 Å². The molecule has 1 spiro atoms. The molecule has 5 heteroatoms. The average Bonchev–Trinajstić information content (AvgIpc) is 3.18. The van der Waals surface area contributed by atoms with Crippen LogP contribution in [0.4, 0.5) is 0 Å². The Labute approximate surface area is 193 Å². The number of aliphatic hydroxyl groups is 3. The highest BCUT2D eigenvalue weighted by atomic mass is 16.7. The summed E-state index contributed by atoms with van der Waals surface area (Å²) in [6.07, 6.45) is 6.27. The Morgan fingerprint density at radius 3 is 2.34 bits per heavy atom. The predicted octanol–water partition coefficient (Wildman–Crippen LogP) is 3.74. The lowest BCUT2D eigenvalue weighted by atomic mass is 9.43. The van der Waals surface area contributed by atoms with Crippen LogP contribution in [-0.4, -0.2) is 52.1 Å². The van der Waals surface area contributed by atoms with Crippen molar-refractivity contribution in [2.45, 2.75) is 109 Å². The van der Waals surface area contributed by atoms with Gasteiger partial charge in [0.15, 0.2) is 5.79 Å². The smallest absolute Gasteiger partial charge is 0.171 e. The van der Waals surface area contributed by atoms with Crippen LogP contribution in [0, 0.1) is 52.3 Å². The van der Waals surface area contributed by atoms with E-state index in [0.717, 1.165) is 32.3 Å². The molecule has 4 aliphatic carbocycles. The maximum Gasteiger partial charge on any atom is 0.171 e. The molecule has 0 aromatic heterocycles. The van der Waals surface area contributed by atoms with E-state index in [9.17, 15) is 15.3 Å². The molecule has 3 N–H and O–H groups in total. The molecule has 182 valence electrons. The van der Waals surface area contributed by atoms with Gasteiger partial charge in [-0.2, -0.15) is 0 Å². The normalized spacial score (nSPS) is 64.0. The summed E-state index contributed by atoms with van der Waals surface area (Å²) in [5, 5.41) is 32.7. The molecule has 0 radical (unpaired) electrons. The van der Waals surface area contributed by atoms with Crippen molar-refractivity contribution in [1.29, 1.82) is 0 Å². The van der Waals surface area contributed by atoms with Gasteiger partial charge in [-0.15, -0.1) is 0 Å². The number of hydrogen-bond acceptors (Lipinski definition) is 5. The van der Waals surface area contributed by atoms with Crippen molar-refractivity contribution in [3.05, 3.63) is 0 Å². The van der Waals surface area contributed by atoms with E-state index >= 15 is 0 Å². The molecule has 0 amide bonds. The molecule has 6 aliphatic rings. The minimum atomic E-state index is -0.528. The van der Waals surface area contributed by atoms with Gasteiger partial charge in [0.05, 0.1) is 31.0 Å². The fraction of sp³-hybridized carbons (Fsp3) is 1.00. The highest BCUT2D eigenvalue weighted by Crippen LogP contribution is 2.71. The third-order valence-electron chi connectivity index (χ3n) is 12.0. The molecule has 0 bridgehead atoms. The monoisotopic (exact) mass is 448 g/mol. The highest BCUT2D eigenvalue weighted by Gasteiger charge is 2.70. The van der Waals surface area contributed by atoms with E-state index in [1.54, 1.807) is 0 Å². The van der Waals surface area contributed by atoms with Gasteiger partial charge in [0, 0.05) is 17.8 Å². The Kier molecular flexibility index (Phi) is 4.99. The lowest BCUT2D eigenvalue weighted by molar-refractivity contribution is -0.274. The van der Waals surface area contributed by atoms with E-state index in [2.05, 4.69) is 27.7 Å². The van der Waals surface area contributed by atoms with Gasteiger partial charge in [-0.1, -0.05) is 27.7 Å². The van der Waals surface area contributed by atoms with Crippen molar-refractivity contribution in [1.82, 2.24) is 0 Å². The van der Waals surface area contributed by atoms with E-state index in [0.29, 0.717) is 48.3 Å². The summed E-state index contributed by atoms with van der Waals surface area (Å²) >= 11 is 0. The van der Waals surface area contributed by atoms with Crippen LogP contribution in [0.25, 0.3) is 0 Å². The number of ether oxygens (including phenoxy) is 2. The van der Waals surface area contributed by atoms with Gasteiger partial charge in [0.25, 0.3) is 0 Å². The number of fused-ring (bicyclic) bond motifs is 7. The maximum atomic E-state index is 11.3. The van der Waals surface area contributed by atoms with Crippen LogP contribution >= 0.6 is 0 Å². The van der Waals surface area contributed by atoms with Crippen molar-refractivity contribution < 1.29 is 24.8 Å². The van der Waals surface area contributed by atoms with E-state index < -0.39 is 18.3 Å². The molecule has 0 aromatic carbocycles. The van der Waals surface area contributed by atoms with Crippen molar-refractivity contribution in [3.8, 4) is 0 Å². The number of rotatable bonds is 0. The van der Waals surface area contributed by atoms with Crippen LogP contribution in [0.2, 0.25) is 0 Å². The molecule has 2 saturated heterocycles. The van der Waals surface area contributed by atoms with Gasteiger partial charge in [-0.25, -0.2) is 0 Å². The first kappa shape index (κ1) is 22.3. The average molecular weight is 449 g/mol.